The van der Waals surface area contributed by atoms with Crippen LogP contribution in [0.1, 0.15) is 22.6 Å². The van der Waals surface area contributed by atoms with Gasteiger partial charge in [-0.1, -0.05) is 53.5 Å². The maximum absolute atomic E-state index is 12.6. The normalized spacial score (nSPS) is 12.5. The van der Waals surface area contributed by atoms with Gasteiger partial charge in [-0.05, 0) is 24.6 Å². The van der Waals surface area contributed by atoms with Gasteiger partial charge in [0, 0.05) is 11.1 Å². The average Bonchev–Trinajstić information content (AvgIpc) is 3.22. The summed E-state index contributed by atoms with van der Waals surface area (Å²) in [5, 5.41) is 1.09. The fourth-order valence-corrected chi connectivity index (χ4v) is 3.70. The molecule has 26 heavy (non-hydrogen) atoms. The molecule has 0 radical (unpaired) electrons. The second-order valence-corrected chi connectivity index (χ2v) is 7.05. The van der Waals surface area contributed by atoms with E-state index in [1.807, 2.05) is 48.5 Å². The molecular weight excluding hydrogens is 435 g/mol. The highest BCUT2D eigenvalue weighted by Gasteiger charge is 2.29. The Morgan fingerprint density at radius 2 is 1.85 bits per heavy atom. The SMILES string of the molecule is O=C(C[n+]1cc(-c2ccc(Cl)c(Cl)c2)n2c1CCC2)c1ccccc1.[Br-]. The van der Waals surface area contributed by atoms with E-state index in [1.165, 1.54) is 5.82 Å². The number of carbonyl (C=O) groups excluding carboxylic acids is 1. The number of Topliss-reactive ketones (excluding diaryl/α,β-unsaturated/α-hetero) is 1. The number of ketones is 1. The van der Waals surface area contributed by atoms with Crippen molar-refractivity contribution in [1.29, 1.82) is 0 Å². The van der Waals surface area contributed by atoms with E-state index in [4.69, 9.17) is 23.2 Å². The summed E-state index contributed by atoms with van der Waals surface area (Å²) in [4.78, 5) is 12.6. The van der Waals surface area contributed by atoms with Crippen molar-refractivity contribution in [3.8, 4) is 11.3 Å². The van der Waals surface area contributed by atoms with E-state index in [1.54, 1.807) is 0 Å². The minimum atomic E-state index is 0. The number of imidazole rings is 1. The lowest BCUT2D eigenvalue weighted by molar-refractivity contribution is -0.689. The fourth-order valence-electron chi connectivity index (χ4n) is 3.40. The number of halogens is 3. The van der Waals surface area contributed by atoms with Crippen molar-refractivity contribution in [3.63, 3.8) is 0 Å². The first-order valence-corrected chi connectivity index (χ1v) is 9.04. The van der Waals surface area contributed by atoms with Crippen LogP contribution in [0.2, 0.25) is 10.0 Å². The molecule has 0 bridgehead atoms. The Balaban J connectivity index is 0.00000196. The Hall–Kier alpha value is -1.62. The van der Waals surface area contributed by atoms with E-state index in [-0.39, 0.29) is 22.8 Å². The van der Waals surface area contributed by atoms with Crippen LogP contribution < -0.4 is 21.5 Å². The summed E-state index contributed by atoms with van der Waals surface area (Å²) in [6.07, 6.45) is 4.11. The molecule has 0 atom stereocenters. The molecule has 1 aliphatic heterocycles. The van der Waals surface area contributed by atoms with Crippen molar-refractivity contribution in [1.82, 2.24) is 4.57 Å². The van der Waals surface area contributed by atoms with E-state index in [0.717, 1.165) is 36.2 Å². The third-order valence-electron chi connectivity index (χ3n) is 4.62. The highest BCUT2D eigenvalue weighted by molar-refractivity contribution is 6.42. The number of benzene rings is 2. The molecule has 4 rings (SSSR count). The zero-order valence-corrected chi connectivity index (χ0v) is 17.1. The number of rotatable bonds is 4. The second-order valence-electron chi connectivity index (χ2n) is 6.23. The fraction of sp³-hybridized carbons (Fsp3) is 0.200. The summed E-state index contributed by atoms with van der Waals surface area (Å²) in [7, 11) is 0. The monoisotopic (exact) mass is 450 g/mol. The van der Waals surface area contributed by atoms with Gasteiger partial charge in [-0.3, -0.25) is 4.79 Å². The van der Waals surface area contributed by atoms with Gasteiger partial charge in [-0.2, -0.15) is 0 Å². The third kappa shape index (κ3) is 3.59. The lowest BCUT2D eigenvalue weighted by atomic mass is 10.1. The van der Waals surface area contributed by atoms with Crippen LogP contribution >= 0.6 is 23.2 Å². The minimum absolute atomic E-state index is 0. The van der Waals surface area contributed by atoms with Crippen LogP contribution in [0.4, 0.5) is 0 Å². The maximum Gasteiger partial charge on any atom is 0.257 e. The van der Waals surface area contributed by atoms with Crippen LogP contribution in [0.15, 0.2) is 54.7 Å². The van der Waals surface area contributed by atoms with Gasteiger partial charge in [0.2, 0.25) is 5.78 Å². The van der Waals surface area contributed by atoms with Gasteiger partial charge in [0.1, 0.15) is 6.20 Å². The molecule has 0 N–H and O–H groups in total. The molecule has 134 valence electrons. The topological polar surface area (TPSA) is 25.9 Å². The molecule has 6 heteroatoms. The first-order valence-electron chi connectivity index (χ1n) is 8.29. The number of hydrogen-bond acceptors (Lipinski definition) is 1. The van der Waals surface area contributed by atoms with Crippen LogP contribution in [0.3, 0.4) is 0 Å². The van der Waals surface area contributed by atoms with Crippen LogP contribution in [-0.4, -0.2) is 10.4 Å². The highest BCUT2D eigenvalue weighted by Crippen LogP contribution is 2.30. The molecule has 0 spiro atoms. The molecular formula is C20H17BrCl2N2O. The Morgan fingerprint density at radius 1 is 1.08 bits per heavy atom. The van der Waals surface area contributed by atoms with E-state index >= 15 is 0 Å². The highest BCUT2D eigenvalue weighted by atomic mass is 79.9. The lowest BCUT2D eigenvalue weighted by Crippen LogP contribution is -3.00. The standard InChI is InChI=1S/C20H17Cl2N2O.BrH/c21-16-9-8-15(11-17(16)22)18-12-23(20-7-4-10-24(18)20)13-19(25)14-5-2-1-3-6-14;/h1-3,5-6,8-9,11-12H,4,7,10,13H2;1H/q+1;/p-1. The molecule has 2 aromatic carbocycles. The van der Waals surface area contributed by atoms with E-state index in [0.29, 0.717) is 16.6 Å². The third-order valence-corrected chi connectivity index (χ3v) is 5.36. The van der Waals surface area contributed by atoms with Crippen molar-refractivity contribution in [2.75, 3.05) is 0 Å². The summed E-state index contributed by atoms with van der Waals surface area (Å²) in [5.74, 6) is 1.30. The number of carbonyl (C=O) groups is 1. The van der Waals surface area contributed by atoms with Gasteiger partial charge >= 0.3 is 0 Å². The van der Waals surface area contributed by atoms with Crippen LogP contribution in [-0.2, 0) is 19.5 Å². The minimum Gasteiger partial charge on any atom is -1.00 e. The van der Waals surface area contributed by atoms with Gasteiger partial charge in [0.05, 0.1) is 23.0 Å². The van der Waals surface area contributed by atoms with Crippen LogP contribution in [0.25, 0.3) is 11.3 Å². The zero-order chi connectivity index (χ0) is 17.4. The number of hydrogen-bond donors (Lipinski definition) is 0. The van der Waals surface area contributed by atoms with Crippen molar-refractivity contribution in [2.45, 2.75) is 25.9 Å². The summed E-state index contributed by atoms with van der Waals surface area (Å²) >= 11 is 12.2. The first-order chi connectivity index (χ1) is 12.1. The number of fused-ring (bicyclic) bond motifs is 1. The molecule has 0 amide bonds. The Kier molecular flexibility index (Phi) is 5.86. The smallest absolute Gasteiger partial charge is 0.257 e. The summed E-state index contributed by atoms with van der Waals surface area (Å²) in [5.41, 5.74) is 2.83. The van der Waals surface area contributed by atoms with Crippen molar-refractivity contribution in [3.05, 3.63) is 76.2 Å². The largest absolute Gasteiger partial charge is 1.00 e. The average molecular weight is 452 g/mol. The molecule has 0 fully saturated rings. The molecule has 0 unspecified atom stereocenters. The molecule has 3 aromatic rings. The molecule has 1 aromatic heterocycles. The maximum atomic E-state index is 12.6. The molecule has 3 nitrogen and oxygen atoms in total. The zero-order valence-electron chi connectivity index (χ0n) is 14.0. The Labute approximate surface area is 172 Å². The Morgan fingerprint density at radius 3 is 2.58 bits per heavy atom. The van der Waals surface area contributed by atoms with Crippen molar-refractivity contribution in [2.24, 2.45) is 0 Å². The van der Waals surface area contributed by atoms with E-state index < -0.39 is 0 Å². The Bertz CT molecular complexity index is 954. The van der Waals surface area contributed by atoms with Gasteiger partial charge in [-0.25, -0.2) is 9.13 Å². The van der Waals surface area contributed by atoms with E-state index in [2.05, 4.69) is 15.3 Å². The van der Waals surface area contributed by atoms with Crippen molar-refractivity contribution < 1.29 is 26.3 Å². The van der Waals surface area contributed by atoms with E-state index in [9.17, 15) is 4.79 Å². The van der Waals surface area contributed by atoms with Gasteiger partial charge in [0.25, 0.3) is 5.82 Å². The summed E-state index contributed by atoms with van der Waals surface area (Å²) < 4.78 is 4.35. The first kappa shape index (κ1) is 19.2. The molecule has 1 aliphatic rings. The van der Waals surface area contributed by atoms with Crippen molar-refractivity contribution >= 4 is 29.0 Å². The molecule has 0 saturated carbocycles. The van der Waals surface area contributed by atoms with Crippen LogP contribution in [0, 0.1) is 0 Å². The predicted octanol–water partition coefficient (Wildman–Crippen LogP) is 1.58. The molecule has 2 heterocycles. The van der Waals surface area contributed by atoms with Gasteiger partial charge in [-0.15, -0.1) is 0 Å². The van der Waals surface area contributed by atoms with Crippen LogP contribution in [0.5, 0.6) is 0 Å². The number of aromatic nitrogens is 2. The quantitative estimate of drug-likeness (QED) is 0.437. The predicted molar refractivity (Wildman–Crippen MR) is 99.2 cm³/mol. The summed E-state index contributed by atoms with van der Waals surface area (Å²) in [6, 6.07) is 15.1. The summed E-state index contributed by atoms with van der Waals surface area (Å²) in [6.45, 7) is 1.30. The van der Waals surface area contributed by atoms with Gasteiger partial charge in [0.15, 0.2) is 12.2 Å². The van der Waals surface area contributed by atoms with Gasteiger partial charge < -0.3 is 17.0 Å². The lowest BCUT2D eigenvalue weighted by Gasteiger charge is -2.01. The second kappa shape index (κ2) is 7.95. The number of nitrogens with zero attached hydrogens (tertiary/aromatic N) is 2. The molecule has 0 aliphatic carbocycles. The molecule has 0 saturated heterocycles.